The first-order valence-electron chi connectivity index (χ1n) is 5.02. The Morgan fingerprint density at radius 3 is 2.22 bits per heavy atom. The van der Waals surface area contributed by atoms with Crippen LogP contribution in [0.5, 0.6) is 0 Å². The summed E-state index contributed by atoms with van der Waals surface area (Å²) in [5.41, 5.74) is 0.807. The zero-order valence-electron chi connectivity index (χ0n) is 8.93. The normalized spacial score (nSPS) is 12.5. The zero-order chi connectivity index (χ0) is 13.3. The van der Waals surface area contributed by atoms with E-state index in [-0.39, 0.29) is 5.56 Å². The molecule has 0 fully saturated rings. The molecule has 0 N–H and O–H groups in total. The second kappa shape index (κ2) is 5.45. The van der Waals surface area contributed by atoms with E-state index < -0.39 is 22.3 Å². The first-order valence-corrected chi connectivity index (χ1v) is 6.73. The van der Waals surface area contributed by atoms with Crippen LogP contribution in [0.2, 0.25) is 0 Å². The lowest BCUT2D eigenvalue weighted by atomic mass is 10.0. The number of hydrogen-bond acceptors (Lipinski definition) is 0. The van der Waals surface area contributed by atoms with E-state index in [1.165, 1.54) is 24.3 Å². The van der Waals surface area contributed by atoms with Crippen LogP contribution in [0, 0.1) is 17.5 Å². The summed E-state index contributed by atoms with van der Waals surface area (Å²) >= 11 is 6.46. The molecule has 5 heteroatoms. The lowest BCUT2D eigenvalue weighted by Crippen LogP contribution is -1.98. The first kappa shape index (κ1) is 13.6. The Kier molecular flexibility index (Phi) is 4.12. The third kappa shape index (κ3) is 2.95. The molecular weight excluding hydrogens is 373 g/mol. The Morgan fingerprint density at radius 2 is 1.61 bits per heavy atom. The minimum Gasteiger partial charge on any atom is -0.207 e. The second-order valence-corrected chi connectivity index (χ2v) is 5.56. The van der Waals surface area contributed by atoms with Crippen LogP contribution >= 0.6 is 31.9 Å². The molecule has 0 spiro atoms. The third-order valence-corrected chi connectivity index (χ3v) is 3.89. The summed E-state index contributed by atoms with van der Waals surface area (Å²) in [7, 11) is 0. The number of alkyl halides is 1. The molecule has 1 unspecified atom stereocenters. The fraction of sp³-hybridized carbons (Fsp3) is 0.0769. The average Bonchev–Trinajstić information content (AvgIpc) is 2.26. The molecule has 0 aliphatic carbocycles. The number of rotatable bonds is 2. The van der Waals surface area contributed by atoms with Gasteiger partial charge in [0.2, 0.25) is 0 Å². The molecule has 0 saturated heterocycles. The Hall–Kier alpha value is -0.810. The molecule has 0 radical (unpaired) electrons. The van der Waals surface area contributed by atoms with E-state index in [0.29, 0.717) is 10.0 Å². The quantitative estimate of drug-likeness (QED) is 0.617. The smallest absolute Gasteiger partial charge is 0.130 e. The van der Waals surface area contributed by atoms with Gasteiger partial charge in [-0.2, -0.15) is 0 Å². The summed E-state index contributed by atoms with van der Waals surface area (Å²) < 4.78 is 40.3. The maximum absolute atomic E-state index is 13.6. The molecule has 0 aromatic heterocycles. The zero-order valence-corrected chi connectivity index (χ0v) is 12.1. The Labute approximate surface area is 119 Å². The van der Waals surface area contributed by atoms with Crippen LogP contribution in [0.3, 0.4) is 0 Å². The van der Waals surface area contributed by atoms with Gasteiger partial charge in [0.05, 0.1) is 4.83 Å². The topological polar surface area (TPSA) is 0 Å². The molecule has 1 atom stereocenters. The predicted molar refractivity (Wildman–Crippen MR) is 71.2 cm³/mol. The van der Waals surface area contributed by atoms with Crippen molar-refractivity contribution in [2.24, 2.45) is 0 Å². The SMILES string of the molecule is Fc1cc(Br)cc(C(Br)c2ccc(F)cc2F)c1. The fourth-order valence-electron chi connectivity index (χ4n) is 1.61. The highest BCUT2D eigenvalue weighted by Crippen LogP contribution is 2.34. The van der Waals surface area contributed by atoms with E-state index >= 15 is 0 Å². The highest BCUT2D eigenvalue weighted by molar-refractivity contribution is 9.10. The summed E-state index contributed by atoms with van der Waals surface area (Å²) in [6.07, 6.45) is 0. The molecule has 0 heterocycles. The second-order valence-electron chi connectivity index (χ2n) is 3.73. The molecule has 2 aromatic carbocycles. The van der Waals surface area contributed by atoms with Crippen LogP contribution < -0.4 is 0 Å². The van der Waals surface area contributed by atoms with Gasteiger partial charge in [0, 0.05) is 16.1 Å². The van der Waals surface area contributed by atoms with Gasteiger partial charge in [-0.3, -0.25) is 0 Å². The van der Waals surface area contributed by atoms with Gasteiger partial charge in [0.15, 0.2) is 0 Å². The van der Waals surface area contributed by atoms with E-state index in [1.807, 2.05) is 0 Å². The molecule has 0 aliphatic rings. The first-order chi connectivity index (χ1) is 8.47. The molecule has 94 valence electrons. The Balaban J connectivity index is 2.44. The van der Waals surface area contributed by atoms with Crippen LogP contribution in [0.25, 0.3) is 0 Å². The number of halogens is 5. The van der Waals surface area contributed by atoms with Crippen molar-refractivity contribution in [1.82, 2.24) is 0 Å². The molecular formula is C13H7Br2F3. The van der Waals surface area contributed by atoms with Gasteiger partial charge >= 0.3 is 0 Å². The Morgan fingerprint density at radius 1 is 0.889 bits per heavy atom. The van der Waals surface area contributed by atoms with Gasteiger partial charge in [-0.15, -0.1) is 0 Å². The van der Waals surface area contributed by atoms with Crippen LogP contribution in [-0.4, -0.2) is 0 Å². The van der Waals surface area contributed by atoms with Gasteiger partial charge in [0.1, 0.15) is 17.5 Å². The molecule has 18 heavy (non-hydrogen) atoms. The minimum atomic E-state index is -0.669. The lowest BCUT2D eigenvalue weighted by molar-refractivity contribution is 0.574. The van der Waals surface area contributed by atoms with Crippen molar-refractivity contribution in [1.29, 1.82) is 0 Å². The van der Waals surface area contributed by atoms with Crippen LogP contribution in [0.1, 0.15) is 16.0 Å². The van der Waals surface area contributed by atoms with E-state index in [1.54, 1.807) is 6.07 Å². The van der Waals surface area contributed by atoms with Gasteiger partial charge in [0.25, 0.3) is 0 Å². The fourth-order valence-corrected chi connectivity index (χ4v) is 2.73. The van der Waals surface area contributed by atoms with Gasteiger partial charge in [-0.25, -0.2) is 13.2 Å². The minimum absolute atomic E-state index is 0.258. The van der Waals surface area contributed by atoms with Crippen molar-refractivity contribution in [2.45, 2.75) is 4.83 Å². The van der Waals surface area contributed by atoms with Crippen LogP contribution in [0.15, 0.2) is 40.9 Å². The Bertz CT molecular complexity index is 564. The molecule has 0 saturated carbocycles. The summed E-state index contributed by atoms with van der Waals surface area (Å²) in [5.74, 6) is -1.74. The summed E-state index contributed by atoms with van der Waals surface area (Å²) in [5, 5.41) is 0. The maximum atomic E-state index is 13.6. The van der Waals surface area contributed by atoms with Crippen molar-refractivity contribution in [3.63, 3.8) is 0 Å². The van der Waals surface area contributed by atoms with Gasteiger partial charge in [-0.1, -0.05) is 37.9 Å². The highest BCUT2D eigenvalue weighted by Gasteiger charge is 2.16. The van der Waals surface area contributed by atoms with Crippen LogP contribution in [-0.2, 0) is 0 Å². The van der Waals surface area contributed by atoms with Crippen molar-refractivity contribution in [2.75, 3.05) is 0 Å². The standard InChI is InChI=1S/C13H7Br2F3/c14-8-3-7(4-10(17)5-8)13(15)11-2-1-9(16)6-12(11)18/h1-6,13H. The van der Waals surface area contributed by atoms with Crippen molar-refractivity contribution in [3.8, 4) is 0 Å². The molecule has 2 rings (SSSR count). The van der Waals surface area contributed by atoms with Crippen LogP contribution in [0.4, 0.5) is 13.2 Å². The molecule has 0 bridgehead atoms. The molecule has 0 aliphatic heterocycles. The van der Waals surface area contributed by atoms with Gasteiger partial charge in [-0.05, 0) is 29.8 Å². The lowest BCUT2D eigenvalue weighted by Gasteiger charge is -2.12. The maximum Gasteiger partial charge on any atom is 0.130 e. The monoisotopic (exact) mass is 378 g/mol. The van der Waals surface area contributed by atoms with E-state index in [4.69, 9.17) is 0 Å². The van der Waals surface area contributed by atoms with Crippen molar-refractivity contribution in [3.05, 3.63) is 69.4 Å². The van der Waals surface area contributed by atoms with E-state index in [9.17, 15) is 13.2 Å². The molecule has 0 amide bonds. The largest absolute Gasteiger partial charge is 0.207 e. The van der Waals surface area contributed by atoms with E-state index in [2.05, 4.69) is 31.9 Å². The molecule has 2 aromatic rings. The summed E-state index contributed by atoms with van der Waals surface area (Å²) in [4.78, 5) is -0.537. The number of hydrogen-bond donors (Lipinski definition) is 0. The van der Waals surface area contributed by atoms with E-state index in [0.717, 1.165) is 6.07 Å². The summed E-state index contributed by atoms with van der Waals surface area (Å²) in [6, 6.07) is 7.59. The highest BCUT2D eigenvalue weighted by atomic mass is 79.9. The predicted octanol–water partition coefficient (Wildman–Crippen LogP) is 5.35. The average molecular weight is 380 g/mol. The van der Waals surface area contributed by atoms with Crippen molar-refractivity contribution >= 4 is 31.9 Å². The number of benzene rings is 2. The van der Waals surface area contributed by atoms with Gasteiger partial charge < -0.3 is 0 Å². The molecule has 0 nitrogen and oxygen atoms in total. The third-order valence-electron chi connectivity index (χ3n) is 2.41. The summed E-state index contributed by atoms with van der Waals surface area (Å²) in [6.45, 7) is 0. The van der Waals surface area contributed by atoms with Crippen molar-refractivity contribution < 1.29 is 13.2 Å².